The largest absolute Gasteiger partial charge is 0.459 e. The number of hydrogen-bond donors (Lipinski definition) is 1. The van der Waals surface area contributed by atoms with E-state index >= 15 is 0 Å². The first-order chi connectivity index (χ1) is 18.8. The van der Waals surface area contributed by atoms with Crippen LogP contribution in [0.4, 0.5) is 18.9 Å². The molecule has 1 N–H and O–H groups in total. The third-order valence-electron chi connectivity index (χ3n) is 5.61. The molecule has 0 radical (unpaired) electrons. The van der Waals surface area contributed by atoms with Crippen LogP contribution in [0, 0.1) is 10.1 Å². The molecule has 0 spiro atoms. The molecule has 1 heterocycles. The van der Waals surface area contributed by atoms with Crippen molar-refractivity contribution in [2.24, 2.45) is 0 Å². The number of ether oxygens (including phenoxy) is 3. The number of nitrogens with one attached hydrogen (secondary N) is 1. The van der Waals surface area contributed by atoms with Crippen molar-refractivity contribution in [2.45, 2.75) is 25.9 Å². The normalized spacial score (nSPS) is 15.3. The molecule has 40 heavy (non-hydrogen) atoms. The average molecular weight is 583 g/mol. The number of benzene rings is 2. The zero-order valence-electron chi connectivity index (χ0n) is 21.0. The van der Waals surface area contributed by atoms with E-state index in [1.54, 1.807) is 0 Å². The minimum Gasteiger partial charge on any atom is -0.459 e. The molecule has 1 unspecified atom stereocenters. The van der Waals surface area contributed by atoms with Crippen molar-refractivity contribution < 1.29 is 46.7 Å². The van der Waals surface area contributed by atoms with Crippen LogP contribution in [0.2, 0.25) is 5.02 Å². The first-order valence-electron chi connectivity index (χ1n) is 11.5. The van der Waals surface area contributed by atoms with E-state index in [0.717, 1.165) is 6.07 Å². The molecule has 212 valence electrons. The summed E-state index contributed by atoms with van der Waals surface area (Å²) >= 11 is 5.79. The Balaban J connectivity index is 1.85. The van der Waals surface area contributed by atoms with Crippen LogP contribution < -0.4 is 5.32 Å². The maximum Gasteiger partial charge on any atom is 0.422 e. The number of dihydropyridines is 1. The fraction of sp³-hybridized carbons (Fsp3) is 0.269. The summed E-state index contributed by atoms with van der Waals surface area (Å²) < 4.78 is 53.0. The van der Waals surface area contributed by atoms with Crippen LogP contribution >= 0.6 is 11.6 Å². The maximum absolute atomic E-state index is 13.2. The van der Waals surface area contributed by atoms with Gasteiger partial charge in [0.1, 0.15) is 13.2 Å². The first-order valence-corrected chi connectivity index (χ1v) is 11.9. The fourth-order valence-electron chi connectivity index (χ4n) is 3.93. The topological polar surface area (TPSA) is 134 Å². The van der Waals surface area contributed by atoms with Crippen LogP contribution in [0.15, 0.2) is 71.1 Å². The molecular formula is C26H22ClF3N2O8. The van der Waals surface area contributed by atoms with Crippen molar-refractivity contribution >= 4 is 35.2 Å². The van der Waals surface area contributed by atoms with Crippen LogP contribution in [-0.2, 0) is 23.8 Å². The molecule has 3 rings (SSSR count). The molecule has 10 nitrogen and oxygen atoms in total. The molecule has 0 amide bonds. The van der Waals surface area contributed by atoms with Crippen molar-refractivity contribution in [2.75, 3.05) is 19.8 Å². The lowest BCUT2D eigenvalue weighted by atomic mass is 9.80. The number of allylic oxidation sites excluding steroid dienone is 2. The van der Waals surface area contributed by atoms with Crippen molar-refractivity contribution in [1.29, 1.82) is 0 Å². The van der Waals surface area contributed by atoms with Gasteiger partial charge in [-0.1, -0.05) is 23.7 Å². The lowest BCUT2D eigenvalue weighted by molar-refractivity contribution is -0.384. The summed E-state index contributed by atoms with van der Waals surface area (Å²) in [4.78, 5) is 48.8. The van der Waals surface area contributed by atoms with E-state index in [-0.39, 0.29) is 46.0 Å². The Labute approximate surface area is 230 Å². The highest BCUT2D eigenvalue weighted by Crippen LogP contribution is 2.40. The number of esters is 3. The summed E-state index contributed by atoms with van der Waals surface area (Å²) in [5.74, 6) is -4.46. The lowest BCUT2D eigenvalue weighted by Gasteiger charge is -2.30. The molecule has 14 heteroatoms. The predicted octanol–water partition coefficient (Wildman–Crippen LogP) is 4.99. The van der Waals surface area contributed by atoms with E-state index in [9.17, 15) is 37.7 Å². The van der Waals surface area contributed by atoms with Crippen molar-refractivity contribution in [3.05, 3.63) is 97.3 Å². The summed E-state index contributed by atoms with van der Waals surface area (Å²) in [5, 5.41) is 14.5. The number of alkyl halides is 3. The Morgan fingerprint density at radius 2 is 1.48 bits per heavy atom. The number of nitrogens with zero attached hydrogens (tertiary/aromatic N) is 1. The Morgan fingerprint density at radius 3 is 2.02 bits per heavy atom. The molecule has 0 saturated heterocycles. The van der Waals surface area contributed by atoms with Gasteiger partial charge >= 0.3 is 24.1 Å². The van der Waals surface area contributed by atoms with Crippen LogP contribution in [0.25, 0.3) is 0 Å². The Hall–Kier alpha value is -4.39. The standard InChI is InChI=1S/C26H22ClF3N2O8/c1-14-20(24(34)39-11-10-38-23(33)16-6-8-18(27)9-7-16)22(17-4-3-5-19(12-17)32(36)37)21(15(2)31-14)25(35)40-13-26(28,29)30/h3-9,12,22,31H,10-11,13H2,1-2H3. The highest BCUT2D eigenvalue weighted by atomic mass is 35.5. The maximum atomic E-state index is 13.2. The molecule has 2 aromatic rings. The number of hydrogen-bond acceptors (Lipinski definition) is 9. The van der Waals surface area contributed by atoms with Gasteiger partial charge in [0.05, 0.1) is 27.6 Å². The number of non-ortho nitro benzene ring substituents is 1. The smallest absolute Gasteiger partial charge is 0.422 e. The zero-order valence-corrected chi connectivity index (χ0v) is 21.8. The van der Waals surface area contributed by atoms with Crippen molar-refractivity contribution in [3.8, 4) is 0 Å². The average Bonchev–Trinajstić information content (AvgIpc) is 2.89. The Kier molecular flexibility index (Phi) is 9.53. The van der Waals surface area contributed by atoms with Gasteiger partial charge in [0.2, 0.25) is 0 Å². The van der Waals surface area contributed by atoms with Crippen molar-refractivity contribution in [1.82, 2.24) is 5.32 Å². The van der Waals surface area contributed by atoms with Crippen LogP contribution in [0.3, 0.4) is 0 Å². The highest BCUT2D eigenvalue weighted by Gasteiger charge is 2.40. The highest BCUT2D eigenvalue weighted by molar-refractivity contribution is 6.30. The van der Waals surface area contributed by atoms with Crippen LogP contribution in [0.1, 0.15) is 35.7 Å². The summed E-state index contributed by atoms with van der Waals surface area (Å²) in [6, 6.07) is 10.8. The number of carbonyl (C=O) groups excluding carboxylic acids is 3. The summed E-state index contributed by atoms with van der Waals surface area (Å²) in [5.41, 5.74) is -0.408. The number of carbonyl (C=O) groups is 3. The van der Waals surface area contributed by atoms with E-state index < -0.39 is 48.1 Å². The number of nitro benzene ring substituents is 1. The fourth-order valence-corrected chi connectivity index (χ4v) is 4.05. The van der Waals surface area contributed by atoms with Gasteiger partial charge in [0.25, 0.3) is 5.69 Å². The molecule has 1 aliphatic rings. The molecule has 0 aliphatic carbocycles. The Bertz CT molecular complexity index is 1390. The molecule has 1 aliphatic heterocycles. The summed E-state index contributed by atoms with van der Waals surface area (Å²) in [7, 11) is 0. The van der Waals surface area contributed by atoms with E-state index in [1.807, 2.05) is 0 Å². The third-order valence-corrected chi connectivity index (χ3v) is 5.86. The van der Waals surface area contributed by atoms with E-state index in [0.29, 0.717) is 5.02 Å². The first kappa shape index (κ1) is 30.2. The lowest BCUT2D eigenvalue weighted by Crippen LogP contribution is -2.34. The number of nitro groups is 1. The van der Waals surface area contributed by atoms with Gasteiger partial charge in [0, 0.05) is 28.5 Å². The zero-order chi connectivity index (χ0) is 29.6. The SMILES string of the molecule is CC1=C(C(=O)OCCOC(=O)c2ccc(Cl)cc2)C(c2cccc([N+](=O)[O-])c2)C(C(=O)OCC(F)(F)F)=C(C)N1. The van der Waals surface area contributed by atoms with Gasteiger partial charge in [-0.05, 0) is 43.7 Å². The summed E-state index contributed by atoms with van der Waals surface area (Å²) in [6.07, 6.45) is -4.82. The van der Waals surface area contributed by atoms with Gasteiger partial charge in [-0.25, -0.2) is 14.4 Å². The molecule has 2 aromatic carbocycles. The second kappa shape index (κ2) is 12.6. The van der Waals surface area contributed by atoms with Gasteiger partial charge in [0.15, 0.2) is 6.61 Å². The predicted molar refractivity (Wildman–Crippen MR) is 134 cm³/mol. The van der Waals surface area contributed by atoms with Crippen LogP contribution in [-0.4, -0.2) is 48.8 Å². The number of halogens is 4. The second-order valence-corrected chi connectivity index (χ2v) is 8.89. The van der Waals surface area contributed by atoms with Gasteiger partial charge in [-0.15, -0.1) is 0 Å². The molecule has 0 saturated carbocycles. The minimum absolute atomic E-state index is 0.0643. The molecule has 0 bridgehead atoms. The second-order valence-electron chi connectivity index (χ2n) is 8.46. The molecular weight excluding hydrogens is 561 g/mol. The summed E-state index contributed by atoms with van der Waals surface area (Å²) in [6.45, 7) is 0.210. The third kappa shape index (κ3) is 7.59. The van der Waals surface area contributed by atoms with E-state index in [4.69, 9.17) is 21.1 Å². The van der Waals surface area contributed by atoms with Crippen LogP contribution in [0.5, 0.6) is 0 Å². The van der Waals surface area contributed by atoms with Gasteiger partial charge in [-0.3, -0.25) is 10.1 Å². The monoisotopic (exact) mass is 582 g/mol. The van der Waals surface area contributed by atoms with Gasteiger partial charge < -0.3 is 19.5 Å². The number of rotatable bonds is 9. The minimum atomic E-state index is -4.82. The van der Waals surface area contributed by atoms with Crippen molar-refractivity contribution in [3.63, 3.8) is 0 Å². The quantitative estimate of drug-likeness (QED) is 0.143. The molecule has 1 atom stereocenters. The van der Waals surface area contributed by atoms with Gasteiger partial charge in [-0.2, -0.15) is 13.2 Å². The van der Waals surface area contributed by atoms with E-state index in [1.165, 1.54) is 56.3 Å². The Morgan fingerprint density at radius 1 is 0.925 bits per heavy atom. The molecule has 0 aromatic heterocycles. The van der Waals surface area contributed by atoms with E-state index in [2.05, 4.69) is 10.1 Å². The molecule has 0 fully saturated rings.